The van der Waals surface area contributed by atoms with Crippen molar-refractivity contribution >= 4 is 39.7 Å². The number of aryl methyl sites for hydroxylation is 1. The van der Waals surface area contributed by atoms with Gasteiger partial charge < -0.3 is 9.40 Å². The van der Waals surface area contributed by atoms with Gasteiger partial charge in [-0.3, -0.25) is 0 Å². The third-order valence-corrected chi connectivity index (χ3v) is 11.2. The van der Waals surface area contributed by atoms with Gasteiger partial charge in [0.15, 0.2) is 0 Å². The van der Waals surface area contributed by atoms with Crippen LogP contribution in [0.1, 0.15) is 32.0 Å². The van der Waals surface area contributed by atoms with E-state index in [1.54, 1.807) is 6.20 Å². The second-order valence-corrected chi connectivity index (χ2v) is 23.3. The number of furan rings is 1. The largest absolute Gasteiger partial charge is 0.486 e. The van der Waals surface area contributed by atoms with Gasteiger partial charge in [-0.2, -0.15) is 0 Å². The summed E-state index contributed by atoms with van der Waals surface area (Å²) in [7, 11) is 0. The maximum atomic E-state index is 5.94. The van der Waals surface area contributed by atoms with Crippen LogP contribution in [0, 0.1) is 24.5 Å². The summed E-state index contributed by atoms with van der Waals surface area (Å²) in [6.45, 7) is 8.88. The standard InChI is InChI=1S/C19H26GeN.C17H11N2O.Ir/c1-19(2,3)13-16-12-18(15-10-8-7-9-11-15)21-14-17(16)20(4,5)6;1-11-8-9-13-12-5-4-6-14(15-7-2-3-10-18-15)16(12)20-17(13)19-11;/h7-10,12,14H,13H2,1-6H3;2-5,7-10H,1H3;/q2*-1;. The van der Waals surface area contributed by atoms with E-state index in [0.29, 0.717) is 11.1 Å². The molecular formula is C36H37GeIrN3O-2. The summed E-state index contributed by atoms with van der Waals surface area (Å²) in [5.41, 5.74) is 8.04. The molecule has 0 spiro atoms. The van der Waals surface area contributed by atoms with Crippen LogP contribution in [0.5, 0.6) is 0 Å². The number of pyridine rings is 3. The topological polar surface area (TPSA) is 51.8 Å². The van der Waals surface area contributed by atoms with Crippen molar-refractivity contribution in [2.75, 3.05) is 0 Å². The quantitative estimate of drug-likeness (QED) is 0.132. The number of rotatable bonds is 4. The van der Waals surface area contributed by atoms with Gasteiger partial charge in [0, 0.05) is 37.4 Å². The molecule has 2 aromatic carbocycles. The minimum Gasteiger partial charge on any atom is -0.486 e. The van der Waals surface area contributed by atoms with Crippen LogP contribution in [0.25, 0.3) is 44.6 Å². The summed E-state index contributed by atoms with van der Waals surface area (Å²) in [6.07, 6.45) is 5.01. The van der Waals surface area contributed by atoms with E-state index in [2.05, 4.69) is 78.5 Å². The molecule has 0 fully saturated rings. The minimum atomic E-state index is -1.90. The second kappa shape index (κ2) is 13.0. The molecular weight excluding hydrogens is 755 g/mol. The van der Waals surface area contributed by atoms with Gasteiger partial charge in [-0.25, -0.2) is 4.98 Å². The molecule has 0 saturated heterocycles. The van der Waals surface area contributed by atoms with Crippen LogP contribution in [0.2, 0.25) is 17.3 Å². The Morgan fingerprint density at radius 2 is 1.62 bits per heavy atom. The summed E-state index contributed by atoms with van der Waals surface area (Å²) in [6, 6.07) is 30.6. The van der Waals surface area contributed by atoms with Crippen LogP contribution in [0.15, 0.2) is 89.6 Å². The molecule has 6 heteroatoms. The Bertz CT molecular complexity index is 1790. The molecule has 0 bridgehead atoms. The Balaban J connectivity index is 0.000000188. The third kappa shape index (κ3) is 7.44. The number of hydrogen-bond acceptors (Lipinski definition) is 4. The molecule has 0 aliphatic heterocycles. The monoisotopic (exact) mass is 794 g/mol. The maximum absolute atomic E-state index is 5.94. The van der Waals surface area contributed by atoms with Crippen molar-refractivity contribution in [3.8, 4) is 22.5 Å². The second-order valence-electron chi connectivity index (χ2n) is 12.7. The molecule has 0 N–H and O–H groups in total. The van der Waals surface area contributed by atoms with E-state index in [4.69, 9.17) is 9.40 Å². The number of aromatic nitrogens is 3. The van der Waals surface area contributed by atoms with Crippen LogP contribution in [0.3, 0.4) is 0 Å². The normalized spacial score (nSPS) is 11.6. The summed E-state index contributed by atoms with van der Waals surface area (Å²) >= 11 is -1.90. The first kappa shape index (κ1) is 31.8. The van der Waals surface area contributed by atoms with E-state index in [1.165, 1.54) is 9.96 Å². The molecule has 0 aliphatic rings. The van der Waals surface area contributed by atoms with Crippen molar-refractivity contribution in [3.63, 3.8) is 0 Å². The van der Waals surface area contributed by atoms with E-state index < -0.39 is 13.3 Å². The molecule has 0 aliphatic carbocycles. The van der Waals surface area contributed by atoms with Gasteiger partial charge in [-0.1, -0.05) is 23.1 Å². The first-order valence-corrected chi connectivity index (χ1v) is 21.4. The SMILES string of the molecule is CC(C)(C)Cc1cc(-c2[c-]cccc2)nc[c]1[Ge]([CH3])([CH3])[CH3].Cc1ccc2c(n1)oc1c(-c3ccccn3)[c-]ccc12.[Ir]. The van der Waals surface area contributed by atoms with Crippen LogP contribution >= 0.6 is 0 Å². The summed E-state index contributed by atoms with van der Waals surface area (Å²) < 4.78 is 7.47. The van der Waals surface area contributed by atoms with Gasteiger partial charge in [0.25, 0.3) is 0 Å². The molecule has 0 atom stereocenters. The first-order valence-electron chi connectivity index (χ1n) is 14.1. The molecule has 42 heavy (non-hydrogen) atoms. The van der Waals surface area contributed by atoms with Gasteiger partial charge in [0.1, 0.15) is 0 Å². The fourth-order valence-corrected chi connectivity index (χ4v) is 8.31. The van der Waals surface area contributed by atoms with Crippen LogP contribution < -0.4 is 4.40 Å². The van der Waals surface area contributed by atoms with Crippen molar-refractivity contribution in [2.24, 2.45) is 5.41 Å². The predicted molar refractivity (Wildman–Crippen MR) is 173 cm³/mol. The molecule has 0 amide bonds. The van der Waals surface area contributed by atoms with Crippen LogP contribution in [-0.4, -0.2) is 28.2 Å². The molecule has 4 nitrogen and oxygen atoms in total. The fraction of sp³-hybridized carbons (Fsp3) is 0.250. The zero-order valence-corrected chi connectivity index (χ0v) is 29.9. The number of benzene rings is 2. The van der Waals surface area contributed by atoms with Crippen LogP contribution in [0.4, 0.5) is 0 Å². The molecule has 4 heterocycles. The van der Waals surface area contributed by atoms with Gasteiger partial charge >= 0.3 is 132 Å². The van der Waals surface area contributed by atoms with Crippen molar-refractivity contribution < 1.29 is 24.5 Å². The fourth-order valence-electron chi connectivity index (χ4n) is 5.01. The average molecular weight is 793 g/mol. The zero-order chi connectivity index (χ0) is 29.2. The molecule has 6 aromatic rings. The van der Waals surface area contributed by atoms with Crippen LogP contribution in [-0.2, 0) is 26.5 Å². The first-order chi connectivity index (χ1) is 19.5. The number of nitrogens with zero attached hydrogens (tertiary/aromatic N) is 3. The predicted octanol–water partition coefficient (Wildman–Crippen LogP) is 8.83. The molecule has 0 unspecified atom stereocenters. The Labute approximate surface area is 265 Å². The van der Waals surface area contributed by atoms with Gasteiger partial charge in [-0.15, -0.1) is 18.2 Å². The van der Waals surface area contributed by atoms with E-state index in [-0.39, 0.29) is 20.1 Å². The smallest absolute Gasteiger partial charge is 0.216 e. The van der Waals surface area contributed by atoms with Gasteiger partial charge in [-0.05, 0) is 30.8 Å². The van der Waals surface area contributed by atoms with E-state index in [9.17, 15) is 0 Å². The van der Waals surface area contributed by atoms with Crippen molar-refractivity contribution in [1.82, 2.24) is 15.0 Å². The van der Waals surface area contributed by atoms with Gasteiger partial charge in [0.2, 0.25) is 5.71 Å². The third-order valence-electron chi connectivity index (χ3n) is 6.86. The van der Waals surface area contributed by atoms with E-state index >= 15 is 0 Å². The molecule has 6 rings (SSSR count). The summed E-state index contributed by atoms with van der Waals surface area (Å²) in [5, 5.41) is 2.07. The van der Waals surface area contributed by atoms with Gasteiger partial charge in [0.05, 0.1) is 5.58 Å². The molecule has 0 saturated carbocycles. The number of fused-ring (bicyclic) bond motifs is 3. The Morgan fingerprint density at radius 3 is 2.29 bits per heavy atom. The molecule has 4 aromatic heterocycles. The average Bonchev–Trinajstić information content (AvgIpc) is 3.30. The Hall–Kier alpha value is -3.12. The van der Waals surface area contributed by atoms with Crippen molar-refractivity contribution in [2.45, 2.75) is 51.4 Å². The zero-order valence-electron chi connectivity index (χ0n) is 25.4. The molecule has 1 radical (unpaired) electrons. The van der Waals surface area contributed by atoms with E-state index in [0.717, 1.165) is 51.0 Å². The van der Waals surface area contributed by atoms with Crippen molar-refractivity contribution in [1.29, 1.82) is 0 Å². The maximum Gasteiger partial charge on any atom is 0.216 e. The summed E-state index contributed by atoms with van der Waals surface area (Å²) in [5.74, 6) is 7.33. The summed E-state index contributed by atoms with van der Waals surface area (Å²) in [4.78, 5) is 13.5. The Kier molecular flexibility index (Phi) is 9.87. The Morgan fingerprint density at radius 1 is 0.833 bits per heavy atom. The molecule has 217 valence electrons. The minimum absolute atomic E-state index is 0. The van der Waals surface area contributed by atoms with Crippen molar-refractivity contribution in [3.05, 3.63) is 109 Å². The number of hydrogen-bond donors (Lipinski definition) is 0. The van der Waals surface area contributed by atoms with E-state index in [1.807, 2.05) is 67.6 Å².